The summed E-state index contributed by atoms with van der Waals surface area (Å²) in [5.74, 6) is -0.182. The molecule has 1 fully saturated rings. The minimum absolute atomic E-state index is 0.0563. The average molecular weight is 278 g/mol. The highest BCUT2D eigenvalue weighted by Crippen LogP contribution is 2.27. The molecule has 5 heteroatoms. The average Bonchev–Trinajstić information content (AvgIpc) is 2.82. The van der Waals surface area contributed by atoms with Gasteiger partial charge in [0, 0.05) is 44.0 Å². The quantitative estimate of drug-likeness (QED) is 0.875. The monoisotopic (exact) mass is 278 g/mol. The van der Waals surface area contributed by atoms with Crippen LogP contribution in [0.1, 0.15) is 36.3 Å². The van der Waals surface area contributed by atoms with Crippen LogP contribution in [0.4, 0.5) is 0 Å². The third kappa shape index (κ3) is 2.77. The van der Waals surface area contributed by atoms with Gasteiger partial charge in [0.25, 0.3) is 5.91 Å². The molecule has 1 amide bonds. The molecular formula is C15H22N2O3. The number of likely N-dealkylation sites (tertiary alicyclic amines) is 1. The van der Waals surface area contributed by atoms with Crippen LogP contribution in [0, 0.1) is 12.8 Å². The van der Waals surface area contributed by atoms with Gasteiger partial charge < -0.3 is 14.6 Å². The maximum absolute atomic E-state index is 12.4. The lowest BCUT2D eigenvalue weighted by Gasteiger charge is -2.25. The Hall–Kier alpha value is -1.62. The van der Waals surface area contributed by atoms with Crippen LogP contribution in [0.5, 0.6) is 0 Å². The number of carbonyl (C=O) groups excluding carboxylic acids is 1. The second-order valence-corrected chi connectivity index (χ2v) is 6.19. The smallest absolute Gasteiger partial charge is 0.259 e. The van der Waals surface area contributed by atoms with Crippen molar-refractivity contribution in [1.29, 1.82) is 0 Å². The molecular weight excluding hydrogens is 256 g/mol. The Balaban J connectivity index is 2.22. The Morgan fingerprint density at radius 1 is 1.45 bits per heavy atom. The van der Waals surface area contributed by atoms with Crippen molar-refractivity contribution in [2.45, 2.75) is 32.8 Å². The van der Waals surface area contributed by atoms with Crippen LogP contribution in [0.15, 0.2) is 17.1 Å². The van der Waals surface area contributed by atoms with E-state index in [-0.39, 0.29) is 22.8 Å². The first-order valence-electron chi connectivity index (χ1n) is 6.89. The zero-order valence-electron chi connectivity index (χ0n) is 12.5. The first-order valence-corrected chi connectivity index (χ1v) is 6.89. The molecule has 2 heterocycles. The number of hydrogen-bond donors (Lipinski definition) is 1. The molecule has 0 aliphatic carbocycles. The van der Waals surface area contributed by atoms with Crippen molar-refractivity contribution in [2.75, 3.05) is 13.1 Å². The van der Waals surface area contributed by atoms with Crippen molar-refractivity contribution in [2.24, 2.45) is 13.0 Å². The van der Waals surface area contributed by atoms with Crippen LogP contribution >= 0.6 is 0 Å². The van der Waals surface area contributed by atoms with E-state index in [1.807, 2.05) is 14.0 Å². The lowest BCUT2D eigenvalue weighted by Crippen LogP contribution is -2.37. The molecule has 1 saturated heterocycles. The SMILES string of the molecule is Cc1cc(=O)c(C(=O)N2CC[C@H](C(C)(C)O)C2)cn1C. The molecule has 5 nitrogen and oxygen atoms in total. The standard InChI is InChI=1S/C15H22N2O3/c1-10-7-13(18)12(9-16(10)4)14(19)17-6-5-11(8-17)15(2,3)20/h7,9,11,20H,5-6,8H2,1-4H3/t11-/m0/s1. The molecule has 0 unspecified atom stereocenters. The molecule has 0 bridgehead atoms. The molecule has 0 spiro atoms. The minimum atomic E-state index is -0.798. The summed E-state index contributed by atoms with van der Waals surface area (Å²) >= 11 is 0. The van der Waals surface area contributed by atoms with Crippen LogP contribution in [-0.2, 0) is 7.05 Å². The van der Waals surface area contributed by atoms with Crippen LogP contribution in [0.2, 0.25) is 0 Å². The van der Waals surface area contributed by atoms with Crippen LogP contribution in [0.3, 0.4) is 0 Å². The van der Waals surface area contributed by atoms with Gasteiger partial charge in [0.05, 0.1) is 5.60 Å². The van der Waals surface area contributed by atoms with Gasteiger partial charge in [-0.05, 0) is 27.2 Å². The van der Waals surface area contributed by atoms with Gasteiger partial charge in [0.2, 0.25) is 0 Å². The molecule has 1 aliphatic heterocycles. The van der Waals surface area contributed by atoms with Crippen molar-refractivity contribution in [3.63, 3.8) is 0 Å². The van der Waals surface area contributed by atoms with Gasteiger partial charge in [-0.1, -0.05) is 0 Å². The van der Waals surface area contributed by atoms with Crippen molar-refractivity contribution < 1.29 is 9.90 Å². The van der Waals surface area contributed by atoms with Gasteiger partial charge in [-0.3, -0.25) is 9.59 Å². The fourth-order valence-electron chi connectivity index (χ4n) is 2.58. The number of pyridine rings is 1. The summed E-state index contributed by atoms with van der Waals surface area (Å²) < 4.78 is 1.78. The van der Waals surface area contributed by atoms with E-state index >= 15 is 0 Å². The summed E-state index contributed by atoms with van der Waals surface area (Å²) in [4.78, 5) is 26.1. The van der Waals surface area contributed by atoms with Crippen LogP contribution < -0.4 is 5.43 Å². The molecule has 20 heavy (non-hydrogen) atoms. The van der Waals surface area contributed by atoms with E-state index in [0.717, 1.165) is 12.1 Å². The van der Waals surface area contributed by atoms with Gasteiger partial charge in [0.15, 0.2) is 5.43 Å². The van der Waals surface area contributed by atoms with Crippen molar-refractivity contribution >= 4 is 5.91 Å². The second kappa shape index (κ2) is 5.05. The molecule has 1 aliphatic rings. The lowest BCUT2D eigenvalue weighted by molar-refractivity contribution is 0.0211. The Morgan fingerprint density at radius 3 is 2.65 bits per heavy atom. The highest BCUT2D eigenvalue weighted by molar-refractivity contribution is 5.94. The van der Waals surface area contributed by atoms with E-state index in [0.29, 0.717) is 13.1 Å². The topological polar surface area (TPSA) is 62.5 Å². The van der Waals surface area contributed by atoms with Crippen molar-refractivity contribution in [3.05, 3.63) is 33.7 Å². The molecule has 0 radical (unpaired) electrons. The minimum Gasteiger partial charge on any atom is -0.390 e. The third-order valence-electron chi connectivity index (χ3n) is 4.19. The fraction of sp³-hybridized carbons (Fsp3) is 0.600. The van der Waals surface area contributed by atoms with Crippen molar-refractivity contribution in [1.82, 2.24) is 9.47 Å². The largest absolute Gasteiger partial charge is 0.390 e. The summed E-state index contributed by atoms with van der Waals surface area (Å²) in [7, 11) is 1.81. The van der Waals surface area contributed by atoms with E-state index in [9.17, 15) is 14.7 Å². The zero-order chi connectivity index (χ0) is 15.1. The maximum atomic E-state index is 12.4. The number of nitrogens with zero attached hydrogens (tertiary/aromatic N) is 2. The number of rotatable bonds is 2. The van der Waals surface area contributed by atoms with E-state index in [1.54, 1.807) is 29.5 Å². The van der Waals surface area contributed by atoms with Gasteiger partial charge in [0.1, 0.15) is 5.56 Å². The number of aryl methyl sites for hydroxylation is 2. The molecule has 1 N–H and O–H groups in total. The summed E-state index contributed by atoms with van der Waals surface area (Å²) in [6.45, 7) is 6.44. The molecule has 1 aromatic heterocycles. The molecule has 0 aromatic carbocycles. The highest BCUT2D eigenvalue weighted by Gasteiger charge is 2.36. The molecule has 110 valence electrons. The summed E-state index contributed by atoms with van der Waals surface area (Å²) in [5.41, 5.74) is -0.0121. The number of amides is 1. The van der Waals surface area contributed by atoms with E-state index in [1.165, 1.54) is 6.07 Å². The summed E-state index contributed by atoms with van der Waals surface area (Å²) in [5, 5.41) is 10.0. The summed E-state index contributed by atoms with van der Waals surface area (Å²) in [6.07, 6.45) is 2.36. The number of hydrogen-bond acceptors (Lipinski definition) is 3. The first kappa shape index (κ1) is 14.8. The number of carbonyl (C=O) groups is 1. The summed E-state index contributed by atoms with van der Waals surface area (Å²) in [6, 6.07) is 1.48. The lowest BCUT2D eigenvalue weighted by atomic mass is 9.90. The molecule has 1 atom stereocenters. The molecule has 2 rings (SSSR count). The Morgan fingerprint density at radius 2 is 2.10 bits per heavy atom. The highest BCUT2D eigenvalue weighted by atomic mass is 16.3. The second-order valence-electron chi connectivity index (χ2n) is 6.19. The Kier molecular flexibility index (Phi) is 3.73. The van der Waals surface area contributed by atoms with Crippen molar-refractivity contribution in [3.8, 4) is 0 Å². The predicted octanol–water partition coefficient (Wildman–Crippen LogP) is 0.927. The van der Waals surface area contributed by atoms with Gasteiger partial charge in [-0.15, -0.1) is 0 Å². The van der Waals surface area contributed by atoms with E-state index in [2.05, 4.69) is 0 Å². The zero-order valence-corrected chi connectivity index (χ0v) is 12.5. The first-order chi connectivity index (χ1) is 9.20. The normalized spacial score (nSPS) is 19.4. The van der Waals surface area contributed by atoms with Gasteiger partial charge >= 0.3 is 0 Å². The van der Waals surface area contributed by atoms with E-state index in [4.69, 9.17) is 0 Å². The number of aliphatic hydroxyl groups is 1. The Labute approximate surface area is 118 Å². The molecule has 1 aromatic rings. The van der Waals surface area contributed by atoms with E-state index < -0.39 is 5.60 Å². The molecule has 0 saturated carbocycles. The number of aromatic nitrogens is 1. The van der Waals surface area contributed by atoms with Crippen LogP contribution in [0.25, 0.3) is 0 Å². The predicted molar refractivity (Wildman–Crippen MR) is 76.7 cm³/mol. The maximum Gasteiger partial charge on any atom is 0.259 e. The van der Waals surface area contributed by atoms with Gasteiger partial charge in [-0.25, -0.2) is 0 Å². The Bertz CT molecular complexity index is 584. The van der Waals surface area contributed by atoms with Crippen LogP contribution in [-0.4, -0.2) is 39.2 Å². The fourth-order valence-corrected chi connectivity index (χ4v) is 2.58. The third-order valence-corrected chi connectivity index (χ3v) is 4.19. The van der Waals surface area contributed by atoms with Gasteiger partial charge in [-0.2, -0.15) is 0 Å².